The number of aromatic nitrogens is 1. The second kappa shape index (κ2) is 12.5. The van der Waals surface area contributed by atoms with E-state index in [-0.39, 0.29) is 11.2 Å². The number of hydrogen-bond acceptors (Lipinski definition) is 5. The maximum absolute atomic E-state index is 13.2. The van der Waals surface area contributed by atoms with Gasteiger partial charge in [-0.2, -0.15) is 11.8 Å². The van der Waals surface area contributed by atoms with Gasteiger partial charge in [0.25, 0.3) is 0 Å². The highest BCUT2D eigenvalue weighted by molar-refractivity contribution is 7.97. The van der Waals surface area contributed by atoms with E-state index in [0.717, 1.165) is 65.5 Å². The summed E-state index contributed by atoms with van der Waals surface area (Å²) in [6, 6.07) is 15.2. The second-order valence-corrected chi connectivity index (χ2v) is 13.8. The number of aryl methyl sites for hydroxylation is 2. The molecule has 0 bridgehead atoms. The monoisotopic (exact) mass is 578 g/mol. The third-order valence-electron chi connectivity index (χ3n) is 7.66. The van der Waals surface area contributed by atoms with Crippen LogP contribution in [0.4, 0.5) is 10.1 Å². The van der Waals surface area contributed by atoms with Crippen molar-refractivity contribution in [2.75, 3.05) is 18.0 Å². The van der Waals surface area contributed by atoms with Crippen LogP contribution in [0.15, 0.2) is 48.5 Å². The van der Waals surface area contributed by atoms with Crippen LogP contribution in [0.1, 0.15) is 81.6 Å². The summed E-state index contributed by atoms with van der Waals surface area (Å²) in [5, 5.41) is 10.4. The van der Waals surface area contributed by atoms with Crippen molar-refractivity contribution in [3.05, 3.63) is 82.4 Å². The lowest BCUT2D eigenvalue weighted by Crippen LogP contribution is -2.39. The average molecular weight is 579 g/mol. The minimum Gasteiger partial charge on any atom is -0.479 e. The molecule has 7 heteroatoms. The zero-order valence-electron chi connectivity index (χ0n) is 25.4. The van der Waals surface area contributed by atoms with Gasteiger partial charge in [0.1, 0.15) is 5.82 Å². The number of nitrogens with zero attached hydrogens (tertiary/aromatic N) is 2. The number of pyridine rings is 1. The van der Waals surface area contributed by atoms with Gasteiger partial charge in [-0.05, 0) is 81.7 Å². The SMILES string of the molecule is Cc1nc(C)c(C(OC(C)(C)C)C(=O)O)c(N2CCC(C)(C)CC2)c1-c1ccc(CSCc2ccc(F)cc2)cc1. The molecule has 3 aromatic rings. The fourth-order valence-corrected chi connectivity index (χ4v) is 6.35. The minimum absolute atomic E-state index is 0.217. The molecule has 0 spiro atoms. The molecule has 1 unspecified atom stereocenters. The summed E-state index contributed by atoms with van der Waals surface area (Å²) in [5.74, 6) is 0.423. The van der Waals surface area contributed by atoms with Crippen molar-refractivity contribution < 1.29 is 19.0 Å². The zero-order valence-corrected chi connectivity index (χ0v) is 26.2. The van der Waals surface area contributed by atoms with Crippen LogP contribution in [0.2, 0.25) is 0 Å². The lowest BCUT2D eigenvalue weighted by molar-refractivity contribution is -0.160. The molecular formula is C34H43FN2O3S. The Balaban J connectivity index is 1.71. The van der Waals surface area contributed by atoms with Crippen molar-refractivity contribution in [3.63, 3.8) is 0 Å². The molecule has 41 heavy (non-hydrogen) atoms. The van der Waals surface area contributed by atoms with Crippen molar-refractivity contribution in [2.24, 2.45) is 5.41 Å². The van der Waals surface area contributed by atoms with Crippen LogP contribution in [-0.4, -0.2) is 34.8 Å². The van der Waals surface area contributed by atoms with E-state index in [4.69, 9.17) is 9.72 Å². The Morgan fingerprint density at radius 3 is 2.05 bits per heavy atom. The first-order valence-electron chi connectivity index (χ1n) is 14.3. The molecule has 0 radical (unpaired) electrons. The molecule has 1 saturated heterocycles. The average Bonchev–Trinajstić information content (AvgIpc) is 2.88. The predicted octanol–water partition coefficient (Wildman–Crippen LogP) is 8.51. The highest BCUT2D eigenvalue weighted by Crippen LogP contribution is 2.45. The van der Waals surface area contributed by atoms with E-state index in [1.807, 2.05) is 46.8 Å². The number of carboxylic acid groups (broad SMARTS) is 1. The molecule has 5 nitrogen and oxygen atoms in total. The molecule has 1 aliphatic heterocycles. The van der Waals surface area contributed by atoms with Crippen LogP contribution in [0.5, 0.6) is 0 Å². The van der Waals surface area contributed by atoms with Crippen LogP contribution < -0.4 is 4.90 Å². The molecule has 4 rings (SSSR count). The van der Waals surface area contributed by atoms with Gasteiger partial charge in [-0.1, -0.05) is 50.2 Å². The first-order chi connectivity index (χ1) is 19.2. The van der Waals surface area contributed by atoms with Crippen molar-refractivity contribution in [2.45, 2.75) is 84.5 Å². The summed E-state index contributed by atoms with van der Waals surface area (Å²) in [6.07, 6.45) is 0.914. The number of piperidine rings is 1. The van der Waals surface area contributed by atoms with Crippen molar-refractivity contribution in [1.82, 2.24) is 4.98 Å². The fraction of sp³-hybridized carbons (Fsp3) is 0.471. The van der Waals surface area contributed by atoms with E-state index in [2.05, 4.69) is 43.0 Å². The largest absolute Gasteiger partial charge is 0.479 e. The highest BCUT2D eigenvalue weighted by Gasteiger charge is 2.36. The summed E-state index contributed by atoms with van der Waals surface area (Å²) >= 11 is 1.79. The highest BCUT2D eigenvalue weighted by atomic mass is 32.2. The first-order valence-corrected chi connectivity index (χ1v) is 15.5. The van der Waals surface area contributed by atoms with Crippen LogP contribution in [0, 0.1) is 25.1 Å². The molecule has 1 aliphatic rings. The van der Waals surface area contributed by atoms with E-state index < -0.39 is 17.7 Å². The molecule has 1 aromatic heterocycles. The van der Waals surface area contributed by atoms with Crippen LogP contribution in [0.25, 0.3) is 11.1 Å². The molecule has 220 valence electrons. The van der Waals surface area contributed by atoms with E-state index in [1.54, 1.807) is 11.8 Å². The Morgan fingerprint density at radius 2 is 1.54 bits per heavy atom. The van der Waals surface area contributed by atoms with Gasteiger partial charge in [0.2, 0.25) is 0 Å². The van der Waals surface area contributed by atoms with E-state index in [9.17, 15) is 14.3 Å². The second-order valence-electron chi connectivity index (χ2n) is 12.8. The molecule has 1 atom stereocenters. The Labute approximate surface area is 248 Å². The van der Waals surface area contributed by atoms with Gasteiger partial charge >= 0.3 is 5.97 Å². The maximum atomic E-state index is 13.2. The maximum Gasteiger partial charge on any atom is 0.337 e. The smallest absolute Gasteiger partial charge is 0.337 e. The number of halogens is 1. The summed E-state index contributed by atoms with van der Waals surface area (Å²) in [4.78, 5) is 19.9. The van der Waals surface area contributed by atoms with Crippen LogP contribution in [0.3, 0.4) is 0 Å². The predicted molar refractivity (Wildman–Crippen MR) is 167 cm³/mol. The number of benzene rings is 2. The normalized spacial score (nSPS) is 16.0. The Hall–Kier alpha value is -2.90. The number of anilines is 1. The van der Waals surface area contributed by atoms with Crippen molar-refractivity contribution >= 4 is 23.4 Å². The number of thioether (sulfide) groups is 1. The van der Waals surface area contributed by atoms with Gasteiger partial charge < -0.3 is 14.7 Å². The van der Waals surface area contributed by atoms with E-state index in [1.165, 1.54) is 17.7 Å². The number of hydrogen-bond donors (Lipinski definition) is 1. The summed E-state index contributed by atoms with van der Waals surface area (Å²) < 4.78 is 19.4. The molecule has 0 aliphatic carbocycles. The lowest BCUT2D eigenvalue weighted by Gasteiger charge is -2.41. The number of carboxylic acids is 1. The number of rotatable bonds is 9. The minimum atomic E-state index is -1.13. The molecule has 2 heterocycles. The van der Waals surface area contributed by atoms with Gasteiger partial charge in [0.05, 0.1) is 11.3 Å². The molecular weight excluding hydrogens is 535 g/mol. The molecule has 1 N–H and O–H groups in total. The Morgan fingerprint density at radius 1 is 1.00 bits per heavy atom. The van der Waals surface area contributed by atoms with Gasteiger partial charge in [-0.25, -0.2) is 9.18 Å². The Kier molecular flexibility index (Phi) is 9.49. The van der Waals surface area contributed by atoms with Crippen molar-refractivity contribution in [3.8, 4) is 11.1 Å². The third-order valence-corrected chi connectivity index (χ3v) is 8.74. The summed E-state index contributed by atoms with van der Waals surface area (Å²) in [6.45, 7) is 15.8. The standard InChI is InChI=1S/C34H43FN2O3S/c1-22-28(26-12-8-24(9-13-26)20-41-21-25-10-14-27(35)15-11-25)30(37-18-16-34(6,7)17-19-37)29(23(2)36-22)31(32(38)39)40-33(3,4)5/h8-15,31H,16-21H2,1-7H3,(H,38,39). The van der Waals surface area contributed by atoms with E-state index >= 15 is 0 Å². The molecule has 1 fully saturated rings. The quantitative estimate of drug-likeness (QED) is 0.275. The topological polar surface area (TPSA) is 62.7 Å². The van der Waals surface area contributed by atoms with Gasteiger partial charge in [-0.15, -0.1) is 0 Å². The van der Waals surface area contributed by atoms with Gasteiger partial charge in [0, 0.05) is 47.1 Å². The Bertz CT molecular complexity index is 1350. The van der Waals surface area contributed by atoms with Crippen LogP contribution in [-0.2, 0) is 21.0 Å². The fourth-order valence-electron chi connectivity index (χ4n) is 5.39. The van der Waals surface area contributed by atoms with Crippen LogP contribution >= 0.6 is 11.8 Å². The zero-order chi connectivity index (χ0) is 29.9. The number of ether oxygens (including phenoxy) is 1. The van der Waals surface area contributed by atoms with E-state index in [0.29, 0.717) is 11.3 Å². The number of carbonyl (C=O) groups is 1. The first kappa shape index (κ1) is 31.0. The molecule has 2 aromatic carbocycles. The number of aliphatic carboxylic acids is 1. The van der Waals surface area contributed by atoms with Gasteiger partial charge in [-0.3, -0.25) is 4.98 Å². The van der Waals surface area contributed by atoms with Gasteiger partial charge in [0.15, 0.2) is 6.10 Å². The third kappa shape index (κ3) is 7.89. The molecule has 0 saturated carbocycles. The molecule has 0 amide bonds. The summed E-state index contributed by atoms with van der Waals surface area (Å²) in [7, 11) is 0. The van der Waals surface area contributed by atoms with Crippen molar-refractivity contribution in [1.29, 1.82) is 0 Å². The summed E-state index contributed by atoms with van der Waals surface area (Å²) in [5.41, 5.74) is 7.03. The lowest BCUT2D eigenvalue weighted by atomic mass is 9.81.